The number of morpholine rings is 1. The third-order valence-corrected chi connectivity index (χ3v) is 6.17. The summed E-state index contributed by atoms with van der Waals surface area (Å²) < 4.78 is 7.52. The molecule has 1 unspecified atom stereocenters. The van der Waals surface area contributed by atoms with E-state index in [1.165, 1.54) is 4.88 Å². The molecule has 0 radical (unpaired) electrons. The molecule has 3 aromatic rings. The quantitative estimate of drug-likeness (QED) is 0.248. The summed E-state index contributed by atoms with van der Waals surface area (Å²) in [5, 5.41) is 17.4. The standard InChI is InChI=1S/C22H29N7OS.HI/c1-2-23-22(25-16-21-27-26-17-29(21)18-7-4-3-5-8-18)24-15-19(20-9-6-14-31-20)28-10-12-30-13-11-28;/h3-9,14,17,19H,2,10-13,15-16H2,1H3,(H2,23,24,25);1H. The zero-order chi connectivity index (χ0) is 21.3. The monoisotopic (exact) mass is 567 g/mol. The van der Waals surface area contributed by atoms with Crippen molar-refractivity contribution in [2.45, 2.75) is 19.5 Å². The lowest BCUT2D eigenvalue weighted by atomic mass is 10.2. The molecule has 1 aliphatic rings. The molecule has 32 heavy (non-hydrogen) atoms. The van der Waals surface area contributed by atoms with Gasteiger partial charge in [-0.3, -0.25) is 9.47 Å². The lowest BCUT2D eigenvalue weighted by Gasteiger charge is -2.34. The third-order valence-electron chi connectivity index (χ3n) is 5.20. The Morgan fingerprint density at radius 1 is 1.16 bits per heavy atom. The van der Waals surface area contributed by atoms with E-state index < -0.39 is 0 Å². The Labute approximate surface area is 210 Å². The van der Waals surface area contributed by atoms with Crippen molar-refractivity contribution in [2.24, 2.45) is 4.99 Å². The average molecular weight is 568 g/mol. The molecule has 4 rings (SSSR count). The molecule has 0 saturated carbocycles. The number of halogens is 1. The van der Waals surface area contributed by atoms with Crippen LogP contribution < -0.4 is 10.6 Å². The van der Waals surface area contributed by atoms with Crippen LogP contribution in [0.5, 0.6) is 0 Å². The molecule has 3 heterocycles. The number of hydrogen-bond donors (Lipinski definition) is 2. The van der Waals surface area contributed by atoms with Crippen LogP contribution in [0.1, 0.15) is 23.7 Å². The Balaban J connectivity index is 0.00000289. The minimum absolute atomic E-state index is 0. The van der Waals surface area contributed by atoms with Crippen molar-refractivity contribution in [3.63, 3.8) is 0 Å². The third kappa shape index (κ3) is 6.50. The molecule has 172 valence electrons. The highest BCUT2D eigenvalue weighted by molar-refractivity contribution is 14.0. The second-order valence-corrected chi connectivity index (χ2v) is 8.19. The van der Waals surface area contributed by atoms with Gasteiger partial charge in [-0.2, -0.15) is 0 Å². The Hall–Kier alpha value is -2.02. The number of guanidine groups is 1. The van der Waals surface area contributed by atoms with Gasteiger partial charge in [-0.25, -0.2) is 4.99 Å². The van der Waals surface area contributed by atoms with Crippen LogP contribution in [0, 0.1) is 0 Å². The minimum Gasteiger partial charge on any atom is -0.379 e. The molecule has 10 heteroatoms. The van der Waals surface area contributed by atoms with E-state index in [9.17, 15) is 0 Å². The van der Waals surface area contributed by atoms with Crippen molar-refractivity contribution in [1.29, 1.82) is 0 Å². The molecule has 0 bridgehead atoms. The maximum absolute atomic E-state index is 5.55. The Bertz CT molecular complexity index is 942. The number of ether oxygens (including phenoxy) is 1. The maximum Gasteiger partial charge on any atom is 0.191 e. The Morgan fingerprint density at radius 2 is 1.97 bits per heavy atom. The average Bonchev–Trinajstić information content (AvgIpc) is 3.51. The van der Waals surface area contributed by atoms with E-state index >= 15 is 0 Å². The van der Waals surface area contributed by atoms with Crippen LogP contribution in [-0.4, -0.2) is 65.0 Å². The highest BCUT2D eigenvalue weighted by atomic mass is 127. The highest BCUT2D eigenvalue weighted by Crippen LogP contribution is 2.25. The summed E-state index contributed by atoms with van der Waals surface area (Å²) in [5.74, 6) is 1.58. The number of nitrogens with zero attached hydrogens (tertiary/aromatic N) is 5. The fraction of sp³-hybridized carbons (Fsp3) is 0.409. The van der Waals surface area contributed by atoms with Crippen LogP contribution in [0.15, 0.2) is 59.2 Å². The van der Waals surface area contributed by atoms with E-state index in [0.717, 1.165) is 56.9 Å². The van der Waals surface area contributed by atoms with Gasteiger partial charge in [0.25, 0.3) is 0 Å². The zero-order valence-electron chi connectivity index (χ0n) is 18.2. The molecule has 1 saturated heterocycles. The summed E-state index contributed by atoms with van der Waals surface area (Å²) in [6, 6.07) is 14.7. The van der Waals surface area contributed by atoms with E-state index in [0.29, 0.717) is 12.6 Å². The number of nitrogens with one attached hydrogen (secondary N) is 2. The van der Waals surface area contributed by atoms with Crippen LogP contribution in [0.25, 0.3) is 5.69 Å². The number of rotatable bonds is 8. The lowest BCUT2D eigenvalue weighted by Crippen LogP contribution is -2.46. The first-order valence-electron chi connectivity index (χ1n) is 10.7. The normalized spacial score (nSPS) is 15.7. The highest BCUT2D eigenvalue weighted by Gasteiger charge is 2.23. The molecule has 2 N–H and O–H groups in total. The zero-order valence-corrected chi connectivity index (χ0v) is 21.3. The van der Waals surface area contributed by atoms with Gasteiger partial charge in [-0.15, -0.1) is 45.5 Å². The number of aromatic nitrogens is 3. The molecule has 2 aromatic heterocycles. The Morgan fingerprint density at radius 3 is 2.69 bits per heavy atom. The summed E-state index contributed by atoms with van der Waals surface area (Å²) in [7, 11) is 0. The number of hydrogen-bond acceptors (Lipinski definition) is 6. The molecule has 8 nitrogen and oxygen atoms in total. The summed E-state index contributed by atoms with van der Waals surface area (Å²) in [4.78, 5) is 8.61. The second-order valence-electron chi connectivity index (χ2n) is 7.21. The van der Waals surface area contributed by atoms with Crippen molar-refractivity contribution in [1.82, 2.24) is 30.3 Å². The van der Waals surface area contributed by atoms with Crippen LogP contribution in [0.3, 0.4) is 0 Å². The topological polar surface area (TPSA) is 79.6 Å². The summed E-state index contributed by atoms with van der Waals surface area (Å²) in [6.45, 7) is 7.52. The fourth-order valence-electron chi connectivity index (χ4n) is 3.64. The van der Waals surface area contributed by atoms with Gasteiger partial charge in [-0.1, -0.05) is 24.3 Å². The van der Waals surface area contributed by atoms with Gasteiger partial charge in [0.05, 0.1) is 19.3 Å². The van der Waals surface area contributed by atoms with E-state index in [1.807, 2.05) is 34.9 Å². The predicted molar refractivity (Wildman–Crippen MR) is 139 cm³/mol. The van der Waals surface area contributed by atoms with Gasteiger partial charge < -0.3 is 15.4 Å². The van der Waals surface area contributed by atoms with E-state index in [1.54, 1.807) is 17.7 Å². The molecular weight excluding hydrogens is 537 g/mol. The van der Waals surface area contributed by atoms with Gasteiger partial charge in [0, 0.05) is 36.7 Å². The summed E-state index contributed by atoms with van der Waals surface area (Å²) in [6.07, 6.45) is 1.73. The fourth-order valence-corrected chi connectivity index (χ4v) is 4.50. The molecule has 1 atom stereocenters. The first-order valence-corrected chi connectivity index (χ1v) is 11.5. The molecule has 0 aliphatic carbocycles. The number of thiophene rings is 1. The Kier molecular flexibility index (Phi) is 9.90. The molecule has 1 fully saturated rings. The summed E-state index contributed by atoms with van der Waals surface area (Å²) in [5.41, 5.74) is 1.03. The van der Waals surface area contributed by atoms with E-state index in [2.05, 4.69) is 50.2 Å². The van der Waals surface area contributed by atoms with Gasteiger partial charge in [-0.05, 0) is 30.5 Å². The largest absolute Gasteiger partial charge is 0.379 e. The summed E-state index contributed by atoms with van der Waals surface area (Å²) >= 11 is 1.80. The van der Waals surface area contributed by atoms with Crippen molar-refractivity contribution in [3.05, 3.63) is 64.9 Å². The number of aliphatic imine (C=N–C) groups is 1. The van der Waals surface area contributed by atoms with Crippen LogP contribution in [-0.2, 0) is 11.3 Å². The first kappa shape index (κ1) is 24.6. The molecule has 0 spiro atoms. The second kappa shape index (κ2) is 12.9. The maximum atomic E-state index is 5.55. The molecule has 1 aliphatic heterocycles. The van der Waals surface area contributed by atoms with Crippen molar-refractivity contribution >= 4 is 41.3 Å². The van der Waals surface area contributed by atoms with Crippen LogP contribution >= 0.6 is 35.3 Å². The van der Waals surface area contributed by atoms with Gasteiger partial charge in [0.15, 0.2) is 11.8 Å². The SMILES string of the molecule is CCNC(=NCc1nncn1-c1ccccc1)NCC(c1cccs1)N1CCOCC1.I. The van der Waals surface area contributed by atoms with Gasteiger partial charge in [0.2, 0.25) is 0 Å². The smallest absolute Gasteiger partial charge is 0.191 e. The van der Waals surface area contributed by atoms with Crippen molar-refractivity contribution in [3.8, 4) is 5.69 Å². The van der Waals surface area contributed by atoms with Crippen LogP contribution in [0.2, 0.25) is 0 Å². The van der Waals surface area contributed by atoms with E-state index in [4.69, 9.17) is 9.73 Å². The van der Waals surface area contributed by atoms with Crippen LogP contribution in [0.4, 0.5) is 0 Å². The predicted octanol–water partition coefficient (Wildman–Crippen LogP) is 3.08. The minimum atomic E-state index is 0. The van der Waals surface area contributed by atoms with Gasteiger partial charge >= 0.3 is 0 Å². The van der Waals surface area contributed by atoms with Crippen molar-refractivity contribution in [2.75, 3.05) is 39.4 Å². The lowest BCUT2D eigenvalue weighted by molar-refractivity contribution is 0.0177. The van der Waals surface area contributed by atoms with E-state index in [-0.39, 0.29) is 24.0 Å². The van der Waals surface area contributed by atoms with Crippen molar-refractivity contribution < 1.29 is 4.74 Å². The molecular formula is C22H30IN7OS. The first-order chi connectivity index (χ1) is 15.3. The molecule has 1 aromatic carbocycles. The molecule has 0 amide bonds. The number of para-hydroxylation sites is 1. The number of benzene rings is 1. The van der Waals surface area contributed by atoms with Gasteiger partial charge in [0.1, 0.15) is 12.9 Å².